The van der Waals surface area contributed by atoms with Crippen molar-refractivity contribution in [2.24, 2.45) is 0 Å². The van der Waals surface area contributed by atoms with Crippen LogP contribution in [0.1, 0.15) is 12.5 Å². The lowest BCUT2D eigenvalue weighted by atomic mass is 10.2. The minimum atomic E-state index is -5.61. The highest BCUT2D eigenvalue weighted by Crippen LogP contribution is 2.37. The van der Waals surface area contributed by atoms with Crippen LogP contribution in [0.5, 0.6) is 5.88 Å². The van der Waals surface area contributed by atoms with E-state index < -0.39 is 24.3 Å². The zero-order valence-electron chi connectivity index (χ0n) is 9.51. The first-order valence-electron chi connectivity index (χ1n) is 4.96. The standard InChI is InChI=1S/C9H9F6N3O/c1-2-4-5(16)17-3-18-6(4)19-7(8(10,11)12)9(13,14)15/h3,7H,2H2,1H3,(H2,16,17,18). The zero-order valence-corrected chi connectivity index (χ0v) is 9.51. The summed E-state index contributed by atoms with van der Waals surface area (Å²) in [4.78, 5) is 6.73. The molecule has 0 aliphatic carbocycles. The Morgan fingerprint density at radius 2 is 1.68 bits per heavy atom. The van der Waals surface area contributed by atoms with Gasteiger partial charge in [-0.05, 0) is 6.42 Å². The summed E-state index contributed by atoms with van der Waals surface area (Å²) >= 11 is 0. The molecule has 0 saturated heterocycles. The van der Waals surface area contributed by atoms with Crippen molar-refractivity contribution in [3.05, 3.63) is 11.9 Å². The van der Waals surface area contributed by atoms with Gasteiger partial charge in [0.2, 0.25) is 5.88 Å². The molecule has 0 bridgehead atoms. The van der Waals surface area contributed by atoms with E-state index >= 15 is 0 Å². The minimum Gasteiger partial charge on any atom is -0.454 e. The summed E-state index contributed by atoms with van der Waals surface area (Å²) in [5.41, 5.74) is 5.22. The minimum absolute atomic E-state index is 0.0322. The van der Waals surface area contributed by atoms with Gasteiger partial charge in [0.05, 0.1) is 5.56 Å². The normalized spacial score (nSPS) is 12.8. The van der Waals surface area contributed by atoms with Crippen molar-refractivity contribution in [3.63, 3.8) is 0 Å². The van der Waals surface area contributed by atoms with E-state index in [1.54, 1.807) is 0 Å². The molecule has 0 radical (unpaired) electrons. The maximum absolute atomic E-state index is 12.3. The molecule has 0 fully saturated rings. The Kier molecular flexibility index (Phi) is 4.11. The van der Waals surface area contributed by atoms with Gasteiger partial charge >= 0.3 is 12.4 Å². The summed E-state index contributed by atoms with van der Waals surface area (Å²) in [6, 6.07) is 0. The molecule has 0 spiro atoms. The van der Waals surface area contributed by atoms with E-state index in [2.05, 4.69) is 14.7 Å². The van der Waals surface area contributed by atoms with Crippen molar-refractivity contribution in [2.45, 2.75) is 31.8 Å². The van der Waals surface area contributed by atoms with Crippen molar-refractivity contribution >= 4 is 5.82 Å². The molecule has 10 heteroatoms. The van der Waals surface area contributed by atoms with Gasteiger partial charge in [-0.25, -0.2) is 9.97 Å². The molecule has 1 rings (SSSR count). The molecule has 1 heterocycles. The van der Waals surface area contributed by atoms with Crippen LogP contribution in [0.15, 0.2) is 6.33 Å². The maximum atomic E-state index is 12.3. The Morgan fingerprint density at radius 3 is 2.11 bits per heavy atom. The van der Waals surface area contributed by atoms with E-state index in [1.165, 1.54) is 6.92 Å². The Labute approximate surface area is 103 Å². The van der Waals surface area contributed by atoms with Crippen LogP contribution >= 0.6 is 0 Å². The molecule has 4 nitrogen and oxygen atoms in total. The predicted octanol–water partition coefficient (Wildman–Crippen LogP) is 2.49. The van der Waals surface area contributed by atoms with E-state index in [0.717, 1.165) is 6.33 Å². The summed E-state index contributed by atoms with van der Waals surface area (Å²) < 4.78 is 77.9. The zero-order chi connectivity index (χ0) is 14.8. The lowest BCUT2D eigenvalue weighted by molar-refractivity contribution is -0.300. The van der Waals surface area contributed by atoms with Gasteiger partial charge in [-0.1, -0.05) is 6.92 Å². The summed E-state index contributed by atoms with van der Waals surface area (Å²) in [7, 11) is 0. The number of anilines is 1. The molecule has 0 aromatic carbocycles. The smallest absolute Gasteiger partial charge is 0.434 e. The van der Waals surface area contributed by atoms with Crippen LogP contribution in [0.2, 0.25) is 0 Å². The summed E-state index contributed by atoms with van der Waals surface area (Å²) in [5, 5.41) is 0. The van der Waals surface area contributed by atoms with Gasteiger partial charge in [0.1, 0.15) is 12.1 Å². The van der Waals surface area contributed by atoms with Gasteiger partial charge in [-0.3, -0.25) is 0 Å². The molecule has 0 aliphatic rings. The van der Waals surface area contributed by atoms with Crippen LogP contribution in [0.3, 0.4) is 0 Å². The molecule has 108 valence electrons. The first-order valence-corrected chi connectivity index (χ1v) is 4.96. The number of halogens is 6. The van der Waals surface area contributed by atoms with Crippen molar-refractivity contribution < 1.29 is 31.1 Å². The SMILES string of the molecule is CCc1c(N)ncnc1OC(C(F)(F)F)C(F)(F)F. The molecule has 1 aromatic heterocycles. The van der Waals surface area contributed by atoms with E-state index in [9.17, 15) is 26.3 Å². The van der Waals surface area contributed by atoms with Gasteiger partial charge < -0.3 is 10.5 Å². The highest BCUT2D eigenvalue weighted by Gasteiger charge is 2.59. The molecule has 0 aliphatic heterocycles. The fraction of sp³-hybridized carbons (Fsp3) is 0.556. The number of nitrogens with two attached hydrogens (primary N) is 1. The highest BCUT2D eigenvalue weighted by atomic mass is 19.4. The predicted molar refractivity (Wildman–Crippen MR) is 52.3 cm³/mol. The summed E-state index contributed by atoms with van der Waals surface area (Å²) in [6.07, 6.45) is -14.4. The quantitative estimate of drug-likeness (QED) is 0.868. The molecule has 0 unspecified atom stereocenters. The molecule has 1 aromatic rings. The Bertz CT molecular complexity index is 431. The van der Waals surface area contributed by atoms with E-state index in [0.29, 0.717) is 0 Å². The Morgan fingerprint density at radius 1 is 1.16 bits per heavy atom. The number of hydrogen-bond acceptors (Lipinski definition) is 4. The Balaban J connectivity index is 3.15. The van der Waals surface area contributed by atoms with Crippen LogP contribution in [0.25, 0.3) is 0 Å². The summed E-state index contributed by atoms with van der Waals surface area (Å²) in [5.74, 6) is -1.05. The number of rotatable bonds is 3. The lowest BCUT2D eigenvalue weighted by Gasteiger charge is -2.24. The number of alkyl halides is 6. The van der Waals surface area contributed by atoms with Crippen molar-refractivity contribution in [2.75, 3.05) is 5.73 Å². The fourth-order valence-electron chi connectivity index (χ4n) is 1.27. The summed E-state index contributed by atoms with van der Waals surface area (Å²) in [6.45, 7) is 1.47. The molecule has 0 amide bonds. The third-order valence-electron chi connectivity index (χ3n) is 2.12. The first-order chi connectivity index (χ1) is 8.57. The molecule has 0 saturated carbocycles. The number of ether oxygens (including phenoxy) is 1. The van der Waals surface area contributed by atoms with E-state index in [-0.39, 0.29) is 17.8 Å². The van der Waals surface area contributed by atoms with E-state index in [4.69, 9.17) is 5.73 Å². The third-order valence-corrected chi connectivity index (χ3v) is 2.12. The second-order valence-corrected chi connectivity index (χ2v) is 3.48. The fourth-order valence-corrected chi connectivity index (χ4v) is 1.27. The Hall–Kier alpha value is -1.74. The average Bonchev–Trinajstić information content (AvgIpc) is 2.22. The maximum Gasteiger partial charge on any atom is 0.434 e. The van der Waals surface area contributed by atoms with E-state index in [1.807, 2.05) is 0 Å². The van der Waals surface area contributed by atoms with Gasteiger partial charge in [0, 0.05) is 0 Å². The van der Waals surface area contributed by atoms with Crippen molar-refractivity contribution in [3.8, 4) is 5.88 Å². The van der Waals surface area contributed by atoms with Crippen LogP contribution in [-0.4, -0.2) is 28.4 Å². The average molecular weight is 289 g/mol. The van der Waals surface area contributed by atoms with Gasteiger partial charge in [-0.15, -0.1) is 0 Å². The van der Waals surface area contributed by atoms with Crippen molar-refractivity contribution in [1.82, 2.24) is 9.97 Å². The second-order valence-electron chi connectivity index (χ2n) is 3.48. The van der Waals surface area contributed by atoms with Gasteiger partial charge in [0.15, 0.2) is 0 Å². The van der Waals surface area contributed by atoms with Crippen LogP contribution in [0, 0.1) is 0 Å². The molecule has 19 heavy (non-hydrogen) atoms. The van der Waals surface area contributed by atoms with Crippen LogP contribution in [-0.2, 0) is 6.42 Å². The first kappa shape index (κ1) is 15.3. The van der Waals surface area contributed by atoms with Crippen molar-refractivity contribution in [1.29, 1.82) is 0 Å². The molecular weight excluding hydrogens is 280 g/mol. The largest absolute Gasteiger partial charge is 0.454 e. The monoisotopic (exact) mass is 289 g/mol. The van der Waals surface area contributed by atoms with Gasteiger partial charge in [-0.2, -0.15) is 26.3 Å². The molecular formula is C9H9F6N3O. The highest BCUT2D eigenvalue weighted by molar-refractivity contribution is 5.44. The molecule has 2 N–H and O–H groups in total. The molecule has 0 atom stereocenters. The number of nitrogens with zero attached hydrogens (tertiary/aromatic N) is 2. The number of aromatic nitrogens is 2. The number of hydrogen-bond donors (Lipinski definition) is 1. The van der Waals surface area contributed by atoms with Gasteiger partial charge in [0.25, 0.3) is 6.10 Å². The topological polar surface area (TPSA) is 61.0 Å². The van der Waals surface area contributed by atoms with Crippen LogP contribution < -0.4 is 10.5 Å². The van der Waals surface area contributed by atoms with Crippen LogP contribution in [0.4, 0.5) is 32.2 Å². The third kappa shape index (κ3) is 3.61. The lowest BCUT2D eigenvalue weighted by Crippen LogP contribution is -2.46. The number of nitrogen functional groups attached to an aromatic ring is 1. The second kappa shape index (κ2) is 5.10.